The second-order valence-electron chi connectivity index (χ2n) is 13.2. The summed E-state index contributed by atoms with van der Waals surface area (Å²) in [4.78, 5) is 23.9. The van der Waals surface area contributed by atoms with Crippen molar-refractivity contribution in [1.29, 1.82) is 0 Å². The average molecular weight is 503 g/mol. The molecule has 3 fully saturated rings. The molecular weight excluding hydrogens is 452 g/mol. The van der Waals surface area contributed by atoms with Crippen LogP contribution in [0.2, 0.25) is 0 Å². The zero-order chi connectivity index (χ0) is 26.1. The van der Waals surface area contributed by atoms with Gasteiger partial charge in [-0.05, 0) is 73.7 Å². The molecule has 4 rings (SSSR count). The molecule has 3 saturated carbocycles. The van der Waals surface area contributed by atoms with Gasteiger partial charge < -0.3 is 14.6 Å². The van der Waals surface area contributed by atoms with E-state index in [1.165, 1.54) is 51.9 Å². The summed E-state index contributed by atoms with van der Waals surface area (Å²) in [6, 6.07) is 0. The van der Waals surface area contributed by atoms with Crippen LogP contribution in [0.5, 0.6) is 0 Å². The molecule has 3 aliphatic carbocycles. The molecule has 0 saturated heterocycles. The fourth-order valence-electron chi connectivity index (χ4n) is 9.29. The molecule has 1 aliphatic heterocycles. The summed E-state index contributed by atoms with van der Waals surface area (Å²) in [6.45, 7) is 11.0. The first kappa shape index (κ1) is 27.7. The van der Waals surface area contributed by atoms with Crippen molar-refractivity contribution in [2.45, 2.75) is 130 Å². The standard InChI is InChI=1S/C31H50O5/c1-6-7-8-10-23-11-12-25(18-23)29(4)14-9-15-30(5)28(29)26(36-22(3)32)17-21(2)31(30,34)16-13-24-19-27(33)35-20-24/h19,21,23,25-26,28,34H,6-18,20H2,1-5H3/t21-,23+,25-,26-,28+,29+,30+,31-/m1/s1. The molecule has 0 spiro atoms. The summed E-state index contributed by atoms with van der Waals surface area (Å²) in [5.41, 5.74) is -0.192. The minimum Gasteiger partial charge on any atom is -0.462 e. The van der Waals surface area contributed by atoms with Gasteiger partial charge in [0.1, 0.15) is 12.7 Å². The Morgan fingerprint density at radius 3 is 2.64 bits per heavy atom. The van der Waals surface area contributed by atoms with Gasteiger partial charge in [-0.25, -0.2) is 4.79 Å². The van der Waals surface area contributed by atoms with Crippen LogP contribution in [-0.2, 0) is 19.1 Å². The molecule has 4 aliphatic rings. The first-order valence-electron chi connectivity index (χ1n) is 14.8. The zero-order valence-corrected chi connectivity index (χ0v) is 23.4. The van der Waals surface area contributed by atoms with Gasteiger partial charge in [0.15, 0.2) is 0 Å². The summed E-state index contributed by atoms with van der Waals surface area (Å²) >= 11 is 0. The van der Waals surface area contributed by atoms with Gasteiger partial charge in [-0.3, -0.25) is 4.79 Å². The van der Waals surface area contributed by atoms with Crippen molar-refractivity contribution < 1.29 is 24.2 Å². The highest BCUT2D eigenvalue weighted by Crippen LogP contribution is 2.68. The Bertz CT molecular complexity index is 850. The topological polar surface area (TPSA) is 72.8 Å². The van der Waals surface area contributed by atoms with E-state index >= 15 is 0 Å². The highest BCUT2D eigenvalue weighted by atomic mass is 16.5. The number of cyclic esters (lactones) is 1. The molecule has 1 N–H and O–H groups in total. The summed E-state index contributed by atoms with van der Waals surface area (Å²) in [5, 5.41) is 12.5. The molecule has 0 amide bonds. The number of rotatable bonds is 9. The predicted molar refractivity (Wildman–Crippen MR) is 141 cm³/mol. The lowest BCUT2D eigenvalue weighted by molar-refractivity contribution is -0.259. The Morgan fingerprint density at radius 1 is 1.19 bits per heavy atom. The third kappa shape index (κ3) is 5.02. The van der Waals surface area contributed by atoms with Crippen LogP contribution in [0.3, 0.4) is 0 Å². The van der Waals surface area contributed by atoms with E-state index in [9.17, 15) is 14.7 Å². The van der Waals surface area contributed by atoms with E-state index in [2.05, 4.69) is 27.7 Å². The molecule has 36 heavy (non-hydrogen) atoms. The maximum atomic E-state index is 12.5. The van der Waals surface area contributed by atoms with E-state index in [0.717, 1.165) is 30.8 Å². The van der Waals surface area contributed by atoms with Crippen molar-refractivity contribution in [3.05, 3.63) is 11.6 Å². The molecule has 204 valence electrons. The van der Waals surface area contributed by atoms with Crippen molar-refractivity contribution in [3.8, 4) is 0 Å². The average Bonchev–Trinajstić information content (AvgIpc) is 3.45. The lowest BCUT2D eigenvalue weighted by Gasteiger charge is -2.66. The minimum absolute atomic E-state index is 0.00874. The molecule has 0 radical (unpaired) electrons. The number of carbonyl (C=O) groups is 2. The van der Waals surface area contributed by atoms with Gasteiger partial charge in [-0.1, -0.05) is 66.2 Å². The molecule has 5 heteroatoms. The number of aliphatic hydroxyl groups is 1. The summed E-state index contributed by atoms with van der Waals surface area (Å²) < 4.78 is 11.2. The number of carbonyl (C=O) groups excluding carboxylic acids is 2. The second-order valence-corrected chi connectivity index (χ2v) is 13.2. The van der Waals surface area contributed by atoms with Crippen LogP contribution < -0.4 is 0 Å². The SMILES string of the molecule is CCCCC[C@H]1CC[C@@H]([C@]2(C)CCC[C@@]3(C)[C@H]2[C@H](OC(C)=O)C[C@@H](C)[C@]3(O)CCC2=CC(=O)OC2)C1. The quantitative estimate of drug-likeness (QED) is 0.278. The lowest BCUT2D eigenvalue weighted by Crippen LogP contribution is -2.68. The fraction of sp³-hybridized carbons (Fsp3) is 0.871. The molecule has 5 nitrogen and oxygen atoms in total. The van der Waals surface area contributed by atoms with Gasteiger partial charge >= 0.3 is 11.9 Å². The smallest absolute Gasteiger partial charge is 0.331 e. The van der Waals surface area contributed by atoms with Crippen LogP contribution in [0.25, 0.3) is 0 Å². The number of ether oxygens (including phenoxy) is 2. The minimum atomic E-state index is -0.873. The molecule has 8 atom stereocenters. The van der Waals surface area contributed by atoms with Gasteiger partial charge in [0.05, 0.1) is 5.60 Å². The monoisotopic (exact) mass is 502 g/mol. The highest BCUT2D eigenvalue weighted by molar-refractivity contribution is 5.85. The Kier molecular flexibility index (Phi) is 8.29. The van der Waals surface area contributed by atoms with Crippen molar-refractivity contribution in [2.24, 2.45) is 34.5 Å². The molecule has 0 aromatic rings. The highest BCUT2D eigenvalue weighted by Gasteiger charge is 2.67. The van der Waals surface area contributed by atoms with Crippen molar-refractivity contribution in [2.75, 3.05) is 6.61 Å². The number of fused-ring (bicyclic) bond motifs is 1. The van der Waals surface area contributed by atoms with E-state index in [0.29, 0.717) is 31.8 Å². The summed E-state index contributed by atoms with van der Waals surface area (Å²) in [5.74, 6) is 1.10. The van der Waals surface area contributed by atoms with Gasteiger partial charge in [-0.15, -0.1) is 0 Å². The Hall–Kier alpha value is -1.36. The Balaban J connectivity index is 1.63. The Labute approximate surface area is 218 Å². The second kappa shape index (κ2) is 10.8. The van der Waals surface area contributed by atoms with E-state index < -0.39 is 5.60 Å². The number of hydrogen-bond donors (Lipinski definition) is 1. The normalized spacial score (nSPS) is 42.6. The number of esters is 2. The van der Waals surface area contributed by atoms with Crippen molar-refractivity contribution in [3.63, 3.8) is 0 Å². The maximum Gasteiger partial charge on any atom is 0.331 e. The number of hydrogen-bond acceptors (Lipinski definition) is 5. The third-order valence-electron chi connectivity index (χ3n) is 11.1. The maximum absolute atomic E-state index is 12.5. The fourth-order valence-corrected chi connectivity index (χ4v) is 9.29. The first-order chi connectivity index (χ1) is 17.0. The predicted octanol–water partition coefficient (Wildman–Crippen LogP) is 6.76. The van der Waals surface area contributed by atoms with Crippen molar-refractivity contribution in [1.82, 2.24) is 0 Å². The molecule has 0 aromatic heterocycles. The van der Waals surface area contributed by atoms with Crippen LogP contribution >= 0.6 is 0 Å². The molecular formula is C31H50O5. The molecule has 0 unspecified atom stereocenters. The van der Waals surface area contributed by atoms with E-state index in [4.69, 9.17) is 9.47 Å². The van der Waals surface area contributed by atoms with E-state index in [-0.39, 0.29) is 40.7 Å². The zero-order valence-electron chi connectivity index (χ0n) is 23.4. The largest absolute Gasteiger partial charge is 0.462 e. The number of unbranched alkanes of at least 4 members (excludes halogenated alkanes) is 2. The van der Waals surface area contributed by atoms with E-state index in [1.54, 1.807) is 6.08 Å². The first-order valence-corrected chi connectivity index (χ1v) is 14.8. The van der Waals surface area contributed by atoms with Crippen LogP contribution in [-0.4, -0.2) is 35.4 Å². The van der Waals surface area contributed by atoms with Crippen LogP contribution in [0.1, 0.15) is 118 Å². The lowest BCUT2D eigenvalue weighted by atomic mass is 9.41. The summed E-state index contributed by atoms with van der Waals surface area (Å²) in [6.07, 6.45) is 15.8. The van der Waals surface area contributed by atoms with Crippen LogP contribution in [0.4, 0.5) is 0 Å². The molecule has 0 bridgehead atoms. The van der Waals surface area contributed by atoms with E-state index in [1.807, 2.05) is 0 Å². The molecule has 0 aromatic carbocycles. The van der Waals surface area contributed by atoms with Crippen molar-refractivity contribution >= 4 is 11.9 Å². The van der Waals surface area contributed by atoms with Gasteiger partial charge in [0.2, 0.25) is 0 Å². The van der Waals surface area contributed by atoms with Crippen LogP contribution in [0, 0.1) is 34.5 Å². The third-order valence-corrected chi connectivity index (χ3v) is 11.1. The Morgan fingerprint density at radius 2 is 1.97 bits per heavy atom. The summed E-state index contributed by atoms with van der Waals surface area (Å²) in [7, 11) is 0. The van der Waals surface area contributed by atoms with Crippen LogP contribution in [0.15, 0.2) is 11.6 Å². The van der Waals surface area contributed by atoms with Gasteiger partial charge in [0, 0.05) is 24.3 Å². The van der Waals surface area contributed by atoms with Gasteiger partial charge in [0.25, 0.3) is 0 Å². The van der Waals surface area contributed by atoms with Gasteiger partial charge in [-0.2, -0.15) is 0 Å². The molecule has 1 heterocycles.